The Morgan fingerprint density at radius 3 is 2.59 bits per heavy atom. The van der Waals surface area contributed by atoms with Crippen LogP contribution < -0.4 is 15.1 Å². The van der Waals surface area contributed by atoms with E-state index in [1.165, 1.54) is 0 Å². The number of methoxy groups -OCH3 is 1. The fourth-order valence-electron chi connectivity index (χ4n) is 3.02. The number of amides is 1. The van der Waals surface area contributed by atoms with Gasteiger partial charge < -0.3 is 9.64 Å². The number of carbonyl (C=O) groups is 1. The van der Waals surface area contributed by atoms with Gasteiger partial charge in [0.25, 0.3) is 5.91 Å². The minimum absolute atomic E-state index is 0.319. The number of anilines is 1. The molecule has 150 valence electrons. The predicted octanol–water partition coefficient (Wildman–Crippen LogP) is 3.70. The number of hydrazone groups is 1. The number of nitrogens with zero attached hydrogens (tertiary/aromatic N) is 3. The molecule has 29 heavy (non-hydrogen) atoms. The second kappa shape index (κ2) is 9.54. The topological polar surface area (TPSA) is 82.6 Å². The Balaban J connectivity index is 1.63. The molecule has 3 rings (SSSR count). The van der Waals surface area contributed by atoms with E-state index in [2.05, 4.69) is 39.5 Å². The lowest BCUT2D eigenvalue weighted by atomic mass is 10.1. The Kier molecular flexibility index (Phi) is 6.63. The number of nitrogens with one attached hydrogen (secondary N) is 2. The minimum Gasteiger partial charge on any atom is -0.496 e. The summed E-state index contributed by atoms with van der Waals surface area (Å²) in [6, 6.07) is 17.2. The van der Waals surface area contributed by atoms with Gasteiger partial charge in [0, 0.05) is 24.3 Å². The second-order valence-corrected chi connectivity index (χ2v) is 6.33. The molecule has 1 aromatic heterocycles. The molecule has 0 aliphatic rings. The fraction of sp³-hybridized carbons (Fsp3) is 0.227. The molecule has 0 radical (unpaired) electrons. The largest absolute Gasteiger partial charge is 0.496 e. The third kappa shape index (κ3) is 4.82. The summed E-state index contributed by atoms with van der Waals surface area (Å²) < 4.78 is 5.34. The number of hydrogen-bond acceptors (Lipinski definition) is 5. The maximum Gasteiger partial charge on any atom is 0.289 e. The number of rotatable bonds is 8. The van der Waals surface area contributed by atoms with Gasteiger partial charge in [0.2, 0.25) is 0 Å². The Morgan fingerprint density at radius 1 is 1.17 bits per heavy atom. The van der Waals surface area contributed by atoms with Gasteiger partial charge in [-0.05, 0) is 49.7 Å². The zero-order valence-electron chi connectivity index (χ0n) is 16.8. The number of aromatic amines is 1. The molecule has 2 aromatic carbocycles. The maximum atomic E-state index is 12.3. The first kappa shape index (κ1) is 20.1. The van der Waals surface area contributed by atoms with Crippen molar-refractivity contribution in [2.75, 3.05) is 25.1 Å². The fourth-order valence-corrected chi connectivity index (χ4v) is 3.02. The Labute approximate surface area is 170 Å². The first-order chi connectivity index (χ1) is 14.2. The van der Waals surface area contributed by atoms with Crippen LogP contribution >= 0.6 is 0 Å². The van der Waals surface area contributed by atoms with Crippen LogP contribution in [0.15, 0.2) is 59.7 Å². The van der Waals surface area contributed by atoms with Gasteiger partial charge in [-0.2, -0.15) is 10.2 Å². The van der Waals surface area contributed by atoms with Crippen molar-refractivity contribution in [1.82, 2.24) is 15.6 Å². The van der Waals surface area contributed by atoms with Crippen molar-refractivity contribution in [3.63, 3.8) is 0 Å². The van der Waals surface area contributed by atoms with Gasteiger partial charge in [-0.25, -0.2) is 5.43 Å². The molecule has 7 nitrogen and oxygen atoms in total. The highest BCUT2D eigenvalue weighted by Crippen LogP contribution is 2.28. The molecule has 0 aliphatic carbocycles. The second-order valence-electron chi connectivity index (χ2n) is 6.33. The molecule has 0 unspecified atom stereocenters. The summed E-state index contributed by atoms with van der Waals surface area (Å²) in [5, 5.41) is 11.0. The van der Waals surface area contributed by atoms with Gasteiger partial charge in [-0.1, -0.05) is 24.3 Å². The third-order valence-corrected chi connectivity index (χ3v) is 4.61. The quantitative estimate of drug-likeness (QED) is 0.453. The minimum atomic E-state index is -0.366. The van der Waals surface area contributed by atoms with Crippen molar-refractivity contribution in [2.45, 2.75) is 13.8 Å². The third-order valence-electron chi connectivity index (χ3n) is 4.61. The molecular weight excluding hydrogens is 366 g/mol. The number of benzene rings is 2. The summed E-state index contributed by atoms with van der Waals surface area (Å²) in [7, 11) is 1.60. The zero-order chi connectivity index (χ0) is 20.6. The molecule has 7 heteroatoms. The number of ether oxygens (including phenoxy) is 1. The number of aromatic nitrogens is 2. The zero-order valence-corrected chi connectivity index (χ0v) is 16.8. The maximum absolute atomic E-state index is 12.3. The summed E-state index contributed by atoms with van der Waals surface area (Å²) in [5.74, 6) is 0.326. The molecular formula is C22H25N5O2. The molecule has 0 spiro atoms. The van der Waals surface area contributed by atoms with Gasteiger partial charge >= 0.3 is 0 Å². The van der Waals surface area contributed by atoms with Crippen molar-refractivity contribution in [2.24, 2.45) is 5.10 Å². The number of para-hydroxylation sites is 1. The summed E-state index contributed by atoms with van der Waals surface area (Å²) in [5.41, 5.74) is 6.34. The lowest BCUT2D eigenvalue weighted by Crippen LogP contribution is -2.21. The van der Waals surface area contributed by atoms with Crippen molar-refractivity contribution in [1.29, 1.82) is 0 Å². The first-order valence-corrected chi connectivity index (χ1v) is 9.53. The van der Waals surface area contributed by atoms with Crippen LogP contribution in [0.25, 0.3) is 11.3 Å². The van der Waals surface area contributed by atoms with E-state index in [0.717, 1.165) is 29.9 Å². The van der Waals surface area contributed by atoms with Gasteiger partial charge in [0.1, 0.15) is 11.4 Å². The summed E-state index contributed by atoms with van der Waals surface area (Å²) >= 11 is 0. The molecule has 0 bridgehead atoms. The summed E-state index contributed by atoms with van der Waals surface area (Å²) in [4.78, 5) is 14.6. The van der Waals surface area contributed by atoms with E-state index in [1.807, 2.05) is 48.5 Å². The van der Waals surface area contributed by atoms with Gasteiger partial charge in [-0.3, -0.25) is 9.89 Å². The first-order valence-electron chi connectivity index (χ1n) is 9.53. The van der Waals surface area contributed by atoms with Crippen LogP contribution in [0.5, 0.6) is 5.75 Å². The van der Waals surface area contributed by atoms with Crippen LogP contribution in [0.3, 0.4) is 0 Å². The molecule has 0 saturated carbocycles. The lowest BCUT2D eigenvalue weighted by Gasteiger charge is -2.20. The molecule has 2 N–H and O–H groups in total. The summed E-state index contributed by atoms with van der Waals surface area (Å²) in [6.45, 7) is 6.17. The lowest BCUT2D eigenvalue weighted by molar-refractivity contribution is 0.0950. The van der Waals surface area contributed by atoms with E-state index in [4.69, 9.17) is 4.74 Å². The van der Waals surface area contributed by atoms with E-state index in [1.54, 1.807) is 19.4 Å². The van der Waals surface area contributed by atoms with Crippen molar-refractivity contribution in [3.8, 4) is 17.0 Å². The van der Waals surface area contributed by atoms with Crippen molar-refractivity contribution in [3.05, 3.63) is 65.9 Å². The highest BCUT2D eigenvalue weighted by molar-refractivity contribution is 5.94. The summed E-state index contributed by atoms with van der Waals surface area (Å²) in [6.07, 6.45) is 1.61. The molecule has 1 heterocycles. The van der Waals surface area contributed by atoms with Gasteiger partial charge in [0.15, 0.2) is 0 Å². The van der Waals surface area contributed by atoms with Crippen LogP contribution in [0.4, 0.5) is 5.69 Å². The highest BCUT2D eigenvalue weighted by atomic mass is 16.5. The number of carbonyl (C=O) groups excluding carboxylic acids is 1. The predicted molar refractivity (Wildman–Crippen MR) is 116 cm³/mol. The SMILES string of the molecule is CCN(CC)c1ccc(C=NNC(=O)c2cc(-c3ccccc3OC)n[nH]2)cc1. The van der Waals surface area contributed by atoms with Gasteiger partial charge in [-0.15, -0.1) is 0 Å². The van der Waals surface area contributed by atoms with Crippen LogP contribution in [0.1, 0.15) is 29.9 Å². The molecule has 0 atom stereocenters. The molecule has 0 aliphatic heterocycles. The van der Waals surface area contributed by atoms with Crippen molar-refractivity contribution < 1.29 is 9.53 Å². The van der Waals surface area contributed by atoms with E-state index in [-0.39, 0.29) is 5.91 Å². The number of hydrogen-bond donors (Lipinski definition) is 2. The van der Waals surface area contributed by atoms with Crippen LogP contribution in [0.2, 0.25) is 0 Å². The van der Waals surface area contributed by atoms with E-state index in [0.29, 0.717) is 17.1 Å². The van der Waals surface area contributed by atoms with E-state index >= 15 is 0 Å². The Bertz CT molecular complexity index is 975. The normalized spacial score (nSPS) is 10.9. The highest BCUT2D eigenvalue weighted by Gasteiger charge is 2.13. The smallest absolute Gasteiger partial charge is 0.289 e. The van der Waals surface area contributed by atoms with Crippen LogP contribution in [-0.2, 0) is 0 Å². The van der Waals surface area contributed by atoms with Crippen LogP contribution in [-0.4, -0.2) is 42.5 Å². The standard InChI is InChI=1S/C22H25N5O2/c1-4-27(5-2)17-12-10-16(11-13-17)15-23-26-22(28)20-14-19(24-25-20)18-8-6-7-9-21(18)29-3/h6-15H,4-5H2,1-3H3,(H,24,25)(H,26,28). The van der Waals surface area contributed by atoms with Gasteiger partial charge in [0.05, 0.1) is 19.0 Å². The number of H-pyrrole nitrogens is 1. The average Bonchev–Trinajstić information content (AvgIpc) is 3.26. The molecule has 1 amide bonds. The molecule has 3 aromatic rings. The van der Waals surface area contributed by atoms with E-state index < -0.39 is 0 Å². The Hall–Kier alpha value is -3.61. The average molecular weight is 391 g/mol. The Morgan fingerprint density at radius 2 is 1.90 bits per heavy atom. The molecule has 0 fully saturated rings. The van der Waals surface area contributed by atoms with E-state index in [9.17, 15) is 4.79 Å². The monoisotopic (exact) mass is 391 g/mol. The molecule has 0 saturated heterocycles. The van der Waals surface area contributed by atoms with Crippen LogP contribution in [0, 0.1) is 0 Å². The van der Waals surface area contributed by atoms with Crippen molar-refractivity contribution >= 4 is 17.8 Å².